The predicted molar refractivity (Wildman–Crippen MR) is 109 cm³/mol. The van der Waals surface area contributed by atoms with E-state index in [0.29, 0.717) is 52.1 Å². The maximum atomic E-state index is 12.6. The largest absolute Gasteiger partial charge is 0.493 e. The molecule has 0 amide bonds. The summed E-state index contributed by atoms with van der Waals surface area (Å²) < 4.78 is 42.1. The average molecular weight is 440 g/mol. The Morgan fingerprint density at radius 1 is 1.23 bits per heavy atom. The molecule has 0 aliphatic carbocycles. The normalized spacial score (nSPS) is 11.1. The molecule has 162 valence electrons. The van der Waals surface area contributed by atoms with Crippen molar-refractivity contribution in [1.29, 1.82) is 0 Å². The fourth-order valence-electron chi connectivity index (χ4n) is 2.82. The molecule has 2 heterocycles. The highest BCUT2D eigenvalue weighted by molar-refractivity contribution is 7.98. The Kier molecular flexibility index (Phi) is 7.52. The van der Waals surface area contributed by atoms with Crippen LogP contribution < -0.4 is 19.6 Å². The molecule has 3 aromatic rings. The van der Waals surface area contributed by atoms with Gasteiger partial charge in [-0.15, -0.1) is 0 Å². The average Bonchev–Trinajstić information content (AvgIpc) is 3.08. The number of hydrogen-bond donors (Lipinski definition) is 2. The second-order valence-electron chi connectivity index (χ2n) is 6.03. The highest BCUT2D eigenvalue weighted by Gasteiger charge is 2.17. The van der Waals surface area contributed by atoms with E-state index in [1.807, 2.05) is 0 Å². The Hall–Kier alpha value is -2.79. The number of rotatable bonds is 11. The topological polar surface area (TPSA) is 90.7 Å². The number of methoxy groups -OCH3 is 2. The van der Waals surface area contributed by atoms with Crippen molar-refractivity contribution in [2.45, 2.75) is 23.9 Å². The standard InChI is InChI=1S/C19H22F2N4O4S/c1-27-16-6-8-22-14(17(16)28-2)11-30-19-24-13-5-4-12(29-18(20)21)10-15(13)25(19)23-7-3-9-26/h4-6,8,10,18,23,26H,3,7,9,11H2,1-2H3. The van der Waals surface area contributed by atoms with Gasteiger partial charge in [-0.05, 0) is 18.6 Å². The van der Waals surface area contributed by atoms with Gasteiger partial charge in [0.15, 0.2) is 16.7 Å². The van der Waals surface area contributed by atoms with Crippen LogP contribution in [-0.4, -0.2) is 53.7 Å². The van der Waals surface area contributed by atoms with Gasteiger partial charge in [-0.25, -0.2) is 9.66 Å². The highest BCUT2D eigenvalue weighted by Crippen LogP contribution is 2.34. The number of aliphatic hydroxyl groups excluding tert-OH is 1. The lowest BCUT2D eigenvalue weighted by atomic mass is 10.3. The summed E-state index contributed by atoms with van der Waals surface area (Å²) in [6.07, 6.45) is 2.15. The predicted octanol–water partition coefficient (Wildman–Crippen LogP) is 3.27. The first-order valence-electron chi connectivity index (χ1n) is 9.08. The minimum absolute atomic E-state index is 0.0206. The maximum Gasteiger partial charge on any atom is 0.387 e. The van der Waals surface area contributed by atoms with Crippen molar-refractivity contribution in [3.63, 3.8) is 0 Å². The number of benzene rings is 1. The molecule has 0 atom stereocenters. The monoisotopic (exact) mass is 440 g/mol. The van der Waals surface area contributed by atoms with Crippen LogP contribution in [0.4, 0.5) is 8.78 Å². The molecule has 1 aromatic carbocycles. The quantitative estimate of drug-likeness (QED) is 0.347. The van der Waals surface area contributed by atoms with Crippen LogP contribution in [0.5, 0.6) is 17.2 Å². The molecule has 30 heavy (non-hydrogen) atoms. The van der Waals surface area contributed by atoms with Gasteiger partial charge in [0.2, 0.25) is 0 Å². The number of alkyl halides is 2. The number of fused-ring (bicyclic) bond motifs is 1. The third kappa shape index (κ3) is 5.03. The Labute approximate surface area is 176 Å². The molecule has 3 rings (SSSR count). The SMILES string of the molecule is COc1ccnc(CSc2nc3ccc(OC(F)F)cc3n2NCCCO)c1OC. The summed E-state index contributed by atoms with van der Waals surface area (Å²) in [6.45, 7) is -2.43. The molecule has 0 saturated heterocycles. The van der Waals surface area contributed by atoms with E-state index >= 15 is 0 Å². The van der Waals surface area contributed by atoms with Crippen molar-refractivity contribution >= 4 is 22.8 Å². The summed E-state index contributed by atoms with van der Waals surface area (Å²) in [7, 11) is 3.10. The van der Waals surface area contributed by atoms with E-state index in [-0.39, 0.29) is 12.4 Å². The van der Waals surface area contributed by atoms with Crippen molar-refractivity contribution in [3.8, 4) is 17.2 Å². The molecule has 2 aromatic heterocycles. The lowest BCUT2D eigenvalue weighted by Gasteiger charge is -2.13. The van der Waals surface area contributed by atoms with Gasteiger partial charge in [0.05, 0.1) is 30.9 Å². The first kappa shape index (κ1) is 21.9. The number of aliphatic hydroxyl groups is 1. The minimum Gasteiger partial charge on any atom is -0.493 e. The summed E-state index contributed by atoms with van der Waals surface area (Å²) in [5.41, 5.74) is 5.03. The zero-order valence-corrected chi connectivity index (χ0v) is 17.3. The molecular weight excluding hydrogens is 418 g/mol. The number of aromatic nitrogens is 3. The minimum atomic E-state index is -2.92. The van der Waals surface area contributed by atoms with E-state index in [1.54, 1.807) is 37.2 Å². The fourth-order valence-corrected chi connectivity index (χ4v) is 3.74. The van der Waals surface area contributed by atoms with Gasteiger partial charge in [-0.2, -0.15) is 8.78 Å². The molecule has 0 unspecified atom stereocenters. The zero-order valence-electron chi connectivity index (χ0n) is 16.5. The van der Waals surface area contributed by atoms with Gasteiger partial charge >= 0.3 is 6.61 Å². The number of halogens is 2. The van der Waals surface area contributed by atoms with Crippen LogP contribution in [0.25, 0.3) is 11.0 Å². The summed E-state index contributed by atoms with van der Waals surface area (Å²) in [5, 5.41) is 9.67. The lowest BCUT2D eigenvalue weighted by Crippen LogP contribution is -2.17. The number of hydrogen-bond acceptors (Lipinski definition) is 8. The first-order valence-corrected chi connectivity index (χ1v) is 10.1. The smallest absolute Gasteiger partial charge is 0.387 e. The van der Waals surface area contributed by atoms with E-state index in [1.165, 1.54) is 23.9 Å². The molecular formula is C19H22F2N4O4S. The molecule has 0 saturated carbocycles. The van der Waals surface area contributed by atoms with Crippen LogP contribution in [-0.2, 0) is 5.75 Å². The second kappa shape index (κ2) is 10.3. The molecule has 0 aliphatic heterocycles. The second-order valence-corrected chi connectivity index (χ2v) is 6.97. The Bertz CT molecular complexity index is 987. The number of nitrogens with one attached hydrogen (secondary N) is 1. The molecule has 0 bridgehead atoms. The van der Waals surface area contributed by atoms with E-state index in [2.05, 4.69) is 20.1 Å². The number of nitrogens with zero attached hydrogens (tertiary/aromatic N) is 3. The molecule has 8 nitrogen and oxygen atoms in total. The Morgan fingerprint density at radius 2 is 2.07 bits per heavy atom. The van der Waals surface area contributed by atoms with Crippen molar-refractivity contribution in [3.05, 3.63) is 36.2 Å². The van der Waals surface area contributed by atoms with Gasteiger partial charge in [0.25, 0.3) is 0 Å². The zero-order chi connectivity index (χ0) is 21.5. The van der Waals surface area contributed by atoms with Crippen LogP contribution >= 0.6 is 11.8 Å². The van der Waals surface area contributed by atoms with Crippen LogP contribution in [0.15, 0.2) is 35.6 Å². The number of ether oxygens (including phenoxy) is 3. The van der Waals surface area contributed by atoms with Crippen LogP contribution in [0.2, 0.25) is 0 Å². The Morgan fingerprint density at radius 3 is 2.77 bits per heavy atom. The van der Waals surface area contributed by atoms with Crippen molar-refractivity contribution in [1.82, 2.24) is 14.6 Å². The molecule has 2 N–H and O–H groups in total. The van der Waals surface area contributed by atoms with E-state index in [0.717, 1.165) is 0 Å². The van der Waals surface area contributed by atoms with E-state index in [9.17, 15) is 8.78 Å². The van der Waals surface area contributed by atoms with Gasteiger partial charge in [0.1, 0.15) is 5.75 Å². The summed E-state index contributed by atoms with van der Waals surface area (Å²) in [5.74, 6) is 1.59. The first-order chi connectivity index (χ1) is 14.6. The number of imidazole rings is 1. The van der Waals surface area contributed by atoms with Crippen molar-refractivity contribution in [2.75, 3.05) is 32.8 Å². The molecule has 0 radical (unpaired) electrons. The van der Waals surface area contributed by atoms with Crippen LogP contribution in [0.1, 0.15) is 12.1 Å². The lowest BCUT2D eigenvalue weighted by molar-refractivity contribution is -0.0497. The summed E-state index contributed by atoms with van der Waals surface area (Å²) in [4.78, 5) is 8.94. The van der Waals surface area contributed by atoms with Crippen molar-refractivity contribution < 1.29 is 28.1 Å². The molecule has 0 aliphatic rings. The number of thioether (sulfide) groups is 1. The highest BCUT2D eigenvalue weighted by atomic mass is 32.2. The summed E-state index contributed by atoms with van der Waals surface area (Å²) >= 11 is 1.39. The Balaban J connectivity index is 1.91. The van der Waals surface area contributed by atoms with E-state index in [4.69, 9.17) is 14.6 Å². The van der Waals surface area contributed by atoms with Crippen LogP contribution in [0.3, 0.4) is 0 Å². The van der Waals surface area contributed by atoms with Gasteiger partial charge in [-0.3, -0.25) is 4.98 Å². The van der Waals surface area contributed by atoms with Gasteiger partial charge in [0, 0.05) is 37.2 Å². The van der Waals surface area contributed by atoms with Crippen LogP contribution in [0, 0.1) is 0 Å². The van der Waals surface area contributed by atoms with Gasteiger partial charge < -0.3 is 24.7 Å². The number of pyridine rings is 1. The third-order valence-electron chi connectivity index (χ3n) is 4.13. The van der Waals surface area contributed by atoms with E-state index < -0.39 is 6.61 Å². The molecule has 0 spiro atoms. The van der Waals surface area contributed by atoms with Crippen molar-refractivity contribution in [2.24, 2.45) is 0 Å². The maximum absolute atomic E-state index is 12.6. The molecule has 0 fully saturated rings. The fraction of sp³-hybridized carbons (Fsp3) is 0.368. The summed E-state index contributed by atoms with van der Waals surface area (Å²) in [6, 6.07) is 6.27. The van der Waals surface area contributed by atoms with Gasteiger partial charge in [-0.1, -0.05) is 11.8 Å². The molecule has 11 heteroatoms. The third-order valence-corrected chi connectivity index (χ3v) is 5.08.